The molecule has 5 nitrogen and oxygen atoms in total. The van der Waals surface area contributed by atoms with Crippen LogP contribution in [-0.4, -0.2) is 49.2 Å². The summed E-state index contributed by atoms with van der Waals surface area (Å²) in [4.78, 5) is 0. The zero-order chi connectivity index (χ0) is 13.8. The Morgan fingerprint density at radius 1 is 1.28 bits per heavy atom. The van der Waals surface area contributed by atoms with E-state index in [0.717, 1.165) is 19.3 Å². The molecule has 2 atom stereocenters. The zero-order valence-corrected chi connectivity index (χ0v) is 12.6. The van der Waals surface area contributed by atoms with Gasteiger partial charge in [0.2, 0.25) is 0 Å². The van der Waals surface area contributed by atoms with Crippen LogP contribution in [0.25, 0.3) is 0 Å². The fourth-order valence-electron chi connectivity index (χ4n) is 2.34. The number of hydrogen-bond donors (Lipinski definition) is 1. The van der Waals surface area contributed by atoms with Gasteiger partial charge in [-0.15, -0.1) is 0 Å². The highest BCUT2D eigenvalue weighted by molar-refractivity contribution is 7.86. The normalized spacial score (nSPS) is 26.7. The average molecular weight is 277 g/mol. The van der Waals surface area contributed by atoms with Crippen molar-refractivity contribution in [3.05, 3.63) is 0 Å². The highest BCUT2D eigenvalue weighted by Crippen LogP contribution is 2.20. The molecule has 1 saturated heterocycles. The van der Waals surface area contributed by atoms with E-state index in [0.29, 0.717) is 26.2 Å². The minimum Gasteiger partial charge on any atom is -0.327 e. The van der Waals surface area contributed by atoms with Crippen LogP contribution in [0, 0.1) is 5.92 Å². The van der Waals surface area contributed by atoms with Gasteiger partial charge in [-0.3, -0.25) is 0 Å². The van der Waals surface area contributed by atoms with Crippen molar-refractivity contribution < 1.29 is 8.42 Å². The molecule has 0 aliphatic carbocycles. The van der Waals surface area contributed by atoms with Crippen LogP contribution in [0.2, 0.25) is 0 Å². The van der Waals surface area contributed by atoms with Gasteiger partial charge in [0.15, 0.2) is 0 Å². The molecular weight excluding hydrogens is 250 g/mol. The predicted octanol–water partition coefficient (Wildman–Crippen LogP) is 1.02. The minimum absolute atomic E-state index is 0.127. The molecule has 0 aromatic rings. The second-order valence-corrected chi connectivity index (χ2v) is 7.12. The highest BCUT2D eigenvalue weighted by atomic mass is 32.2. The fourth-order valence-corrected chi connectivity index (χ4v) is 4.25. The van der Waals surface area contributed by atoms with Crippen LogP contribution in [0.1, 0.15) is 40.0 Å². The molecule has 0 saturated carbocycles. The van der Waals surface area contributed by atoms with Gasteiger partial charge in [0.05, 0.1) is 0 Å². The number of nitrogens with zero attached hydrogens (tertiary/aromatic N) is 2. The second kappa shape index (κ2) is 6.84. The van der Waals surface area contributed by atoms with Gasteiger partial charge in [-0.05, 0) is 25.2 Å². The van der Waals surface area contributed by atoms with E-state index in [1.54, 1.807) is 8.61 Å². The summed E-state index contributed by atoms with van der Waals surface area (Å²) in [5, 5.41) is 0. The third kappa shape index (κ3) is 3.66. The Labute approximate surface area is 112 Å². The van der Waals surface area contributed by atoms with E-state index in [4.69, 9.17) is 5.73 Å². The van der Waals surface area contributed by atoms with Gasteiger partial charge in [0.1, 0.15) is 0 Å². The van der Waals surface area contributed by atoms with Crippen molar-refractivity contribution in [1.29, 1.82) is 0 Å². The molecule has 0 radical (unpaired) electrons. The molecule has 1 aliphatic heterocycles. The van der Waals surface area contributed by atoms with E-state index < -0.39 is 10.2 Å². The lowest BCUT2D eigenvalue weighted by atomic mass is 9.96. The van der Waals surface area contributed by atoms with E-state index in [1.165, 1.54) is 0 Å². The fraction of sp³-hybridized carbons (Fsp3) is 1.00. The molecular formula is C12H27N3O2S. The Kier molecular flexibility index (Phi) is 6.04. The molecule has 1 rings (SSSR count). The van der Waals surface area contributed by atoms with Crippen LogP contribution in [-0.2, 0) is 10.2 Å². The van der Waals surface area contributed by atoms with Crippen LogP contribution in [0.4, 0.5) is 0 Å². The Bertz CT molecular complexity index is 339. The molecule has 2 N–H and O–H groups in total. The summed E-state index contributed by atoms with van der Waals surface area (Å²) in [5.74, 6) is 0.235. The summed E-state index contributed by atoms with van der Waals surface area (Å²) < 4.78 is 28.3. The minimum atomic E-state index is -3.29. The number of hydrogen-bond acceptors (Lipinski definition) is 3. The summed E-state index contributed by atoms with van der Waals surface area (Å²) in [6.07, 6.45) is 2.46. The molecule has 2 unspecified atom stereocenters. The third-order valence-electron chi connectivity index (χ3n) is 3.53. The number of rotatable bonds is 6. The average Bonchev–Trinajstić information content (AvgIpc) is 2.32. The Morgan fingerprint density at radius 3 is 2.28 bits per heavy atom. The highest BCUT2D eigenvalue weighted by Gasteiger charge is 2.34. The summed E-state index contributed by atoms with van der Waals surface area (Å²) in [6, 6.07) is 0.127. The molecule has 0 bridgehead atoms. The van der Waals surface area contributed by atoms with Gasteiger partial charge < -0.3 is 5.73 Å². The molecule has 1 heterocycles. The van der Waals surface area contributed by atoms with Gasteiger partial charge >= 0.3 is 0 Å². The lowest BCUT2D eigenvalue weighted by Crippen LogP contribution is -2.52. The van der Waals surface area contributed by atoms with Crippen molar-refractivity contribution in [2.75, 3.05) is 26.2 Å². The van der Waals surface area contributed by atoms with E-state index >= 15 is 0 Å². The van der Waals surface area contributed by atoms with Crippen LogP contribution in [0.15, 0.2) is 0 Å². The van der Waals surface area contributed by atoms with Crippen molar-refractivity contribution in [3.63, 3.8) is 0 Å². The Balaban J connectivity index is 2.77. The largest absolute Gasteiger partial charge is 0.327 e. The first kappa shape index (κ1) is 15.9. The lowest BCUT2D eigenvalue weighted by Gasteiger charge is -2.37. The zero-order valence-electron chi connectivity index (χ0n) is 11.8. The summed E-state index contributed by atoms with van der Waals surface area (Å²) in [5.41, 5.74) is 5.94. The van der Waals surface area contributed by atoms with Crippen LogP contribution in [0.5, 0.6) is 0 Å². The maximum Gasteiger partial charge on any atom is 0.281 e. The van der Waals surface area contributed by atoms with Gasteiger partial charge in [0, 0.05) is 32.2 Å². The molecule has 108 valence electrons. The van der Waals surface area contributed by atoms with Crippen LogP contribution >= 0.6 is 0 Å². The molecule has 0 spiro atoms. The van der Waals surface area contributed by atoms with E-state index in [2.05, 4.69) is 0 Å². The number of nitrogens with two attached hydrogens (primary N) is 1. The maximum absolute atomic E-state index is 12.5. The van der Waals surface area contributed by atoms with Crippen molar-refractivity contribution >= 4 is 10.2 Å². The lowest BCUT2D eigenvalue weighted by molar-refractivity contribution is 0.233. The topological polar surface area (TPSA) is 66.6 Å². The second-order valence-electron chi connectivity index (χ2n) is 5.19. The summed E-state index contributed by atoms with van der Waals surface area (Å²) >= 11 is 0. The molecule has 0 aromatic carbocycles. The molecule has 0 aromatic heterocycles. The van der Waals surface area contributed by atoms with E-state index in [-0.39, 0.29) is 12.0 Å². The first-order chi connectivity index (χ1) is 8.43. The SMILES string of the molecule is CCCN(CCC)S(=O)(=O)N1CCC(N)C(C)C1. The van der Waals surface area contributed by atoms with Gasteiger partial charge in [-0.25, -0.2) is 0 Å². The maximum atomic E-state index is 12.5. The van der Waals surface area contributed by atoms with Crippen LogP contribution < -0.4 is 5.73 Å². The quantitative estimate of drug-likeness (QED) is 0.788. The summed E-state index contributed by atoms with van der Waals surface area (Å²) in [7, 11) is -3.29. The van der Waals surface area contributed by atoms with Crippen molar-refractivity contribution in [1.82, 2.24) is 8.61 Å². The molecule has 1 aliphatic rings. The van der Waals surface area contributed by atoms with Gasteiger partial charge in [-0.1, -0.05) is 20.8 Å². The first-order valence-electron chi connectivity index (χ1n) is 6.94. The van der Waals surface area contributed by atoms with Crippen molar-refractivity contribution in [2.24, 2.45) is 11.7 Å². The van der Waals surface area contributed by atoms with Gasteiger partial charge in [-0.2, -0.15) is 17.0 Å². The van der Waals surface area contributed by atoms with E-state index in [1.807, 2.05) is 20.8 Å². The van der Waals surface area contributed by atoms with E-state index in [9.17, 15) is 8.42 Å². The molecule has 1 fully saturated rings. The molecule has 18 heavy (non-hydrogen) atoms. The molecule has 0 amide bonds. The van der Waals surface area contributed by atoms with Crippen molar-refractivity contribution in [3.8, 4) is 0 Å². The molecule has 6 heteroatoms. The Morgan fingerprint density at radius 2 is 1.83 bits per heavy atom. The van der Waals surface area contributed by atoms with Gasteiger partial charge in [0.25, 0.3) is 10.2 Å². The Hall–Kier alpha value is -0.170. The summed E-state index contributed by atoms with van der Waals surface area (Å²) in [6.45, 7) is 8.35. The van der Waals surface area contributed by atoms with Crippen molar-refractivity contribution in [2.45, 2.75) is 46.1 Å². The first-order valence-corrected chi connectivity index (χ1v) is 8.34. The predicted molar refractivity (Wildman–Crippen MR) is 74.4 cm³/mol. The van der Waals surface area contributed by atoms with Crippen LogP contribution in [0.3, 0.4) is 0 Å². The monoisotopic (exact) mass is 277 g/mol. The standard InChI is InChI=1S/C12H27N3O2S/c1-4-7-14(8-5-2)18(16,17)15-9-6-12(13)11(3)10-15/h11-12H,4-10,13H2,1-3H3. The third-order valence-corrected chi connectivity index (χ3v) is 5.53. The number of piperidine rings is 1. The smallest absolute Gasteiger partial charge is 0.281 e.